The van der Waals surface area contributed by atoms with E-state index in [0.29, 0.717) is 19.8 Å². The Balaban J connectivity index is 1.12. The van der Waals surface area contributed by atoms with E-state index in [-0.39, 0.29) is 19.8 Å². The second-order valence-corrected chi connectivity index (χ2v) is 18.8. The van der Waals surface area contributed by atoms with Crippen LogP contribution in [0.1, 0.15) is 61.4 Å². The maximum Gasteiger partial charge on any atom is 0.187 e. The average Bonchev–Trinajstić information content (AvgIpc) is 3.42. The number of ether oxygens (including phenoxy) is 13. The molecule has 0 unspecified atom stereocenters. The van der Waals surface area contributed by atoms with Crippen molar-refractivity contribution in [2.45, 2.75) is 159 Å². The lowest BCUT2D eigenvalue weighted by Gasteiger charge is -2.51. The molecule has 0 aliphatic carbocycles. The summed E-state index contributed by atoms with van der Waals surface area (Å²) in [6, 6.07) is 50.1. The molecule has 3 heterocycles. The maximum absolute atomic E-state index is 7.30. The van der Waals surface area contributed by atoms with Crippen LogP contribution in [0.4, 0.5) is 0 Å². The molecule has 0 spiro atoms. The van der Waals surface area contributed by atoms with Crippen LogP contribution in [0.3, 0.4) is 0 Å². The predicted octanol–water partition coefficient (Wildman–Crippen LogP) is 9.93. The molecule has 13 heteroatoms. The zero-order valence-corrected chi connectivity index (χ0v) is 42.8. The van der Waals surface area contributed by atoms with E-state index < -0.39 is 92.1 Å². The number of allylic oxidation sites excluding steroid dienone is 1. The Morgan fingerprint density at radius 2 is 0.699 bits per heavy atom. The minimum atomic E-state index is -1.01. The van der Waals surface area contributed by atoms with Gasteiger partial charge in [-0.05, 0) is 61.4 Å². The first-order valence-electron chi connectivity index (χ1n) is 25.7. The highest BCUT2D eigenvalue weighted by Crippen LogP contribution is 2.38. The first-order valence-corrected chi connectivity index (χ1v) is 25.7. The molecular formula is C60H74O13. The SMILES string of the molecule is C=CCCCO[C@@H]1O[C@@H](C)[C@H](OCc2ccccc2)[C@@H](O[C@@H]2O[C@@H](C)[C@@H](O[C@@H]3O[C@@H](C)[C@H](OC)[C@@H](OCc4ccccc4)[C@H]3OCc3ccccc3)[C@@H](OCc3ccccc3)[C@@H]2OC)[C@H]1OCc1ccccc1. The highest BCUT2D eigenvalue weighted by molar-refractivity contribution is 5.17. The molecular weight excluding hydrogens is 929 g/mol. The summed E-state index contributed by atoms with van der Waals surface area (Å²) < 4.78 is 88.3. The summed E-state index contributed by atoms with van der Waals surface area (Å²) in [6.07, 6.45) is -7.33. The minimum absolute atomic E-state index is 0.246. The van der Waals surface area contributed by atoms with Crippen LogP contribution in [0.2, 0.25) is 0 Å². The average molecular weight is 1000 g/mol. The lowest BCUT2D eigenvalue weighted by molar-refractivity contribution is -0.386. The van der Waals surface area contributed by atoms with Gasteiger partial charge in [-0.15, -0.1) is 6.58 Å². The molecule has 8 rings (SSSR count). The van der Waals surface area contributed by atoms with Crippen LogP contribution in [-0.2, 0) is 94.6 Å². The Labute approximate surface area is 431 Å². The molecule has 0 N–H and O–H groups in total. The van der Waals surface area contributed by atoms with E-state index in [2.05, 4.69) is 6.58 Å². The Hall–Kier alpha value is -4.68. The molecule has 15 atom stereocenters. The number of methoxy groups -OCH3 is 2. The van der Waals surface area contributed by atoms with Crippen molar-refractivity contribution >= 4 is 0 Å². The van der Waals surface area contributed by atoms with Crippen molar-refractivity contribution in [3.8, 4) is 0 Å². The van der Waals surface area contributed by atoms with E-state index in [1.54, 1.807) is 14.2 Å². The summed E-state index contributed by atoms with van der Waals surface area (Å²) in [7, 11) is 3.29. The number of unbranched alkanes of at least 4 members (excludes halogenated alkanes) is 1. The third kappa shape index (κ3) is 15.0. The summed E-state index contributed by atoms with van der Waals surface area (Å²) in [6.45, 7) is 11.6. The first kappa shape index (κ1) is 54.6. The summed E-state index contributed by atoms with van der Waals surface area (Å²) >= 11 is 0. The van der Waals surface area contributed by atoms with Gasteiger partial charge in [-0.3, -0.25) is 0 Å². The third-order valence-electron chi connectivity index (χ3n) is 13.6. The number of hydrogen-bond acceptors (Lipinski definition) is 13. The van der Waals surface area contributed by atoms with Crippen molar-refractivity contribution in [3.63, 3.8) is 0 Å². The zero-order valence-electron chi connectivity index (χ0n) is 42.8. The first-order chi connectivity index (χ1) is 35.8. The number of benzene rings is 5. The number of rotatable bonds is 26. The van der Waals surface area contributed by atoms with Crippen molar-refractivity contribution in [2.75, 3.05) is 20.8 Å². The summed E-state index contributed by atoms with van der Waals surface area (Å²) in [4.78, 5) is 0. The van der Waals surface area contributed by atoms with Crippen molar-refractivity contribution in [2.24, 2.45) is 0 Å². The van der Waals surface area contributed by atoms with Crippen LogP contribution < -0.4 is 0 Å². The smallest absolute Gasteiger partial charge is 0.187 e. The van der Waals surface area contributed by atoms with Crippen LogP contribution in [0.5, 0.6) is 0 Å². The van der Waals surface area contributed by atoms with Gasteiger partial charge in [0.15, 0.2) is 18.9 Å². The van der Waals surface area contributed by atoms with Gasteiger partial charge in [-0.2, -0.15) is 0 Å². The molecule has 392 valence electrons. The second-order valence-electron chi connectivity index (χ2n) is 18.8. The highest BCUT2D eigenvalue weighted by atomic mass is 16.8. The Morgan fingerprint density at radius 3 is 1.12 bits per heavy atom. The van der Waals surface area contributed by atoms with Gasteiger partial charge in [0.1, 0.15) is 54.9 Å². The van der Waals surface area contributed by atoms with Crippen molar-refractivity contribution in [1.29, 1.82) is 0 Å². The Bertz CT molecular complexity index is 2300. The molecule has 5 aromatic rings. The standard InChI is InChI=1S/C60H74O13/c1-7-8-24-35-63-58-57(68-40-48-33-22-13-23-34-48)54(50(42(3)69-58)64-36-44-25-14-9-15-26-44)73-59-55(62-6)53(66-38-46-29-18-11-19-30-46)51(43(4)71-59)72-60-56(67-39-47-31-20-12-21-32-47)52(49(61-5)41(2)70-60)65-37-45-27-16-10-17-28-45/h7,9-23,25-34,41-43,49-60H,1,8,24,35-40H2,2-6H3/t41-,42-,43-,49-,50-,51+,52+,53+,54+,55-,56+,57+,58+,59-,60-/m0/s1. The zero-order chi connectivity index (χ0) is 50.8. The van der Waals surface area contributed by atoms with Crippen molar-refractivity contribution < 1.29 is 61.6 Å². The van der Waals surface area contributed by atoms with Crippen LogP contribution in [-0.4, -0.2) is 113 Å². The van der Waals surface area contributed by atoms with Gasteiger partial charge < -0.3 is 61.6 Å². The fourth-order valence-electron chi connectivity index (χ4n) is 9.72. The lowest BCUT2D eigenvalue weighted by Crippen LogP contribution is -2.66. The molecule has 0 bridgehead atoms. The second kappa shape index (κ2) is 28.3. The van der Waals surface area contributed by atoms with Gasteiger partial charge >= 0.3 is 0 Å². The minimum Gasteiger partial charge on any atom is -0.376 e. The van der Waals surface area contributed by atoms with Gasteiger partial charge in [0.05, 0.1) is 58.0 Å². The summed E-state index contributed by atoms with van der Waals surface area (Å²) in [5.74, 6) is 0. The van der Waals surface area contributed by atoms with E-state index in [1.165, 1.54) is 0 Å². The topological polar surface area (TPSA) is 120 Å². The van der Waals surface area contributed by atoms with E-state index >= 15 is 0 Å². The quantitative estimate of drug-likeness (QED) is 0.0387. The molecule has 3 aliphatic heterocycles. The van der Waals surface area contributed by atoms with Crippen LogP contribution in [0.15, 0.2) is 164 Å². The molecule has 3 aliphatic rings. The van der Waals surface area contributed by atoms with E-state index in [4.69, 9.17) is 61.6 Å². The Morgan fingerprint density at radius 1 is 0.370 bits per heavy atom. The molecule has 0 radical (unpaired) electrons. The van der Waals surface area contributed by atoms with Crippen molar-refractivity contribution in [3.05, 3.63) is 192 Å². The fourth-order valence-corrected chi connectivity index (χ4v) is 9.72. The van der Waals surface area contributed by atoms with Crippen LogP contribution >= 0.6 is 0 Å². The molecule has 73 heavy (non-hydrogen) atoms. The third-order valence-corrected chi connectivity index (χ3v) is 13.6. The van der Waals surface area contributed by atoms with Crippen LogP contribution in [0, 0.1) is 0 Å². The van der Waals surface area contributed by atoms with Gasteiger partial charge in [0.25, 0.3) is 0 Å². The van der Waals surface area contributed by atoms with E-state index in [0.717, 1.165) is 40.7 Å². The molecule has 3 fully saturated rings. The van der Waals surface area contributed by atoms with E-state index in [1.807, 2.05) is 179 Å². The monoisotopic (exact) mass is 1000 g/mol. The van der Waals surface area contributed by atoms with E-state index in [9.17, 15) is 0 Å². The largest absolute Gasteiger partial charge is 0.376 e. The van der Waals surface area contributed by atoms with Gasteiger partial charge in [-0.25, -0.2) is 0 Å². The molecule has 0 amide bonds. The molecule has 13 nitrogen and oxygen atoms in total. The normalized spacial score (nSPS) is 30.5. The summed E-state index contributed by atoms with van der Waals surface area (Å²) in [5.41, 5.74) is 4.94. The number of hydrogen-bond donors (Lipinski definition) is 0. The maximum atomic E-state index is 7.30. The fraction of sp³-hybridized carbons (Fsp3) is 0.467. The van der Waals surface area contributed by atoms with Gasteiger partial charge in [-0.1, -0.05) is 158 Å². The Kier molecular flexibility index (Phi) is 21.1. The van der Waals surface area contributed by atoms with Crippen LogP contribution in [0.25, 0.3) is 0 Å². The molecule has 3 saturated heterocycles. The molecule has 0 aromatic heterocycles. The molecule has 0 saturated carbocycles. The lowest BCUT2D eigenvalue weighted by atomic mass is 9.95. The van der Waals surface area contributed by atoms with Crippen molar-refractivity contribution in [1.82, 2.24) is 0 Å². The highest BCUT2D eigenvalue weighted by Gasteiger charge is 2.55. The van der Waals surface area contributed by atoms with Gasteiger partial charge in [0.2, 0.25) is 0 Å². The predicted molar refractivity (Wildman–Crippen MR) is 275 cm³/mol. The van der Waals surface area contributed by atoms with Gasteiger partial charge in [0, 0.05) is 14.2 Å². The molecule has 5 aromatic carbocycles. The summed E-state index contributed by atoms with van der Waals surface area (Å²) in [5, 5.41) is 0.